The standard InChI is InChI=1S/C7H15N3O2S/c11-13(12,9-6-1-2-6)10-7-3-4-8-5-7/h6-10H,1-5H2/t7-/m0/s1. The van der Waals surface area contributed by atoms with Gasteiger partial charge in [0.25, 0.3) is 10.2 Å². The molecule has 1 saturated carbocycles. The van der Waals surface area contributed by atoms with Crippen molar-refractivity contribution in [3.63, 3.8) is 0 Å². The van der Waals surface area contributed by atoms with E-state index in [-0.39, 0.29) is 12.1 Å². The number of hydrogen-bond donors (Lipinski definition) is 3. The van der Waals surface area contributed by atoms with Gasteiger partial charge in [0.2, 0.25) is 0 Å². The lowest BCUT2D eigenvalue weighted by atomic mass is 10.3. The monoisotopic (exact) mass is 205 g/mol. The van der Waals surface area contributed by atoms with Crippen LogP contribution < -0.4 is 14.8 Å². The molecule has 13 heavy (non-hydrogen) atoms. The van der Waals surface area contributed by atoms with E-state index in [4.69, 9.17) is 0 Å². The second kappa shape index (κ2) is 3.53. The van der Waals surface area contributed by atoms with E-state index < -0.39 is 10.2 Å². The Balaban J connectivity index is 1.83. The summed E-state index contributed by atoms with van der Waals surface area (Å²) in [6, 6.07) is 0.253. The van der Waals surface area contributed by atoms with Crippen LogP contribution in [-0.4, -0.2) is 33.6 Å². The Bertz CT molecular complexity index is 267. The minimum Gasteiger partial charge on any atom is -0.315 e. The molecule has 1 heterocycles. The molecule has 0 aromatic heterocycles. The van der Waals surface area contributed by atoms with Gasteiger partial charge < -0.3 is 5.32 Å². The van der Waals surface area contributed by atoms with E-state index in [1.54, 1.807) is 0 Å². The van der Waals surface area contributed by atoms with Crippen LogP contribution in [0, 0.1) is 0 Å². The van der Waals surface area contributed by atoms with Crippen molar-refractivity contribution >= 4 is 10.2 Å². The fourth-order valence-corrected chi connectivity index (χ4v) is 2.81. The minimum atomic E-state index is -3.24. The highest BCUT2D eigenvalue weighted by atomic mass is 32.2. The molecule has 6 heteroatoms. The first kappa shape index (κ1) is 9.39. The first-order chi connectivity index (χ1) is 6.16. The second-order valence-corrected chi connectivity index (χ2v) is 5.18. The zero-order valence-corrected chi connectivity index (χ0v) is 8.23. The van der Waals surface area contributed by atoms with Gasteiger partial charge in [0.1, 0.15) is 0 Å². The number of nitrogens with one attached hydrogen (secondary N) is 3. The van der Waals surface area contributed by atoms with Gasteiger partial charge in [0, 0.05) is 18.6 Å². The maximum absolute atomic E-state index is 11.4. The molecular formula is C7H15N3O2S. The van der Waals surface area contributed by atoms with Crippen molar-refractivity contribution in [2.75, 3.05) is 13.1 Å². The molecule has 0 spiro atoms. The normalized spacial score (nSPS) is 29.4. The van der Waals surface area contributed by atoms with Crippen molar-refractivity contribution in [2.24, 2.45) is 0 Å². The Morgan fingerprint density at radius 2 is 1.77 bits per heavy atom. The molecule has 0 aromatic carbocycles. The van der Waals surface area contributed by atoms with Crippen LogP contribution in [0.15, 0.2) is 0 Å². The molecule has 0 unspecified atom stereocenters. The smallest absolute Gasteiger partial charge is 0.277 e. The Labute approximate surface area is 78.5 Å². The van der Waals surface area contributed by atoms with Crippen LogP contribution in [0.1, 0.15) is 19.3 Å². The van der Waals surface area contributed by atoms with Crippen LogP contribution in [0.4, 0.5) is 0 Å². The summed E-state index contributed by atoms with van der Waals surface area (Å²) < 4.78 is 28.0. The van der Waals surface area contributed by atoms with Crippen LogP contribution in [0.5, 0.6) is 0 Å². The third-order valence-corrected chi connectivity index (χ3v) is 3.57. The van der Waals surface area contributed by atoms with E-state index in [1.165, 1.54) is 0 Å². The van der Waals surface area contributed by atoms with Gasteiger partial charge in [-0.2, -0.15) is 17.9 Å². The highest BCUT2D eigenvalue weighted by Crippen LogP contribution is 2.19. The summed E-state index contributed by atoms with van der Waals surface area (Å²) >= 11 is 0. The van der Waals surface area contributed by atoms with Gasteiger partial charge in [-0.05, 0) is 25.8 Å². The molecule has 2 rings (SSSR count). The fraction of sp³-hybridized carbons (Fsp3) is 1.00. The average molecular weight is 205 g/mol. The minimum absolute atomic E-state index is 0.0660. The maximum atomic E-state index is 11.4. The van der Waals surface area contributed by atoms with Crippen molar-refractivity contribution in [2.45, 2.75) is 31.3 Å². The number of hydrogen-bond acceptors (Lipinski definition) is 3. The highest BCUT2D eigenvalue weighted by molar-refractivity contribution is 7.87. The fourth-order valence-electron chi connectivity index (χ4n) is 1.43. The van der Waals surface area contributed by atoms with E-state index >= 15 is 0 Å². The quantitative estimate of drug-likeness (QED) is 0.547. The largest absolute Gasteiger partial charge is 0.315 e. The number of rotatable bonds is 4. The van der Waals surface area contributed by atoms with E-state index in [0.29, 0.717) is 0 Å². The molecular weight excluding hydrogens is 190 g/mol. The molecule has 0 radical (unpaired) electrons. The third kappa shape index (κ3) is 2.91. The summed E-state index contributed by atoms with van der Waals surface area (Å²) in [4.78, 5) is 0. The van der Waals surface area contributed by atoms with E-state index in [2.05, 4.69) is 14.8 Å². The summed E-state index contributed by atoms with van der Waals surface area (Å²) in [6.07, 6.45) is 2.83. The lowest BCUT2D eigenvalue weighted by Gasteiger charge is -2.11. The molecule has 1 saturated heterocycles. The first-order valence-electron chi connectivity index (χ1n) is 4.66. The SMILES string of the molecule is O=S(=O)(NC1CC1)N[C@H]1CCNC1. The Morgan fingerprint density at radius 3 is 2.31 bits per heavy atom. The van der Waals surface area contributed by atoms with Gasteiger partial charge in [-0.25, -0.2) is 0 Å². The molecule has 1 atom stereocenters. The Morgan fingerprint density at radius 1 is 1.08 bits per heavy atom. The van der Waals surface area contributed by atoms with Crippen molar-refractivity contribution in [3.05, 3.63) is 0 Å². The van der Waals surface area contributed by atoms with Crippen LogP contribution in [0.25, 0.3) is 0 Å². The van der Waals surface area contributed by atoms with Crippen LogP contribution >= 0.6 is 0 Å². The lowest BCUT2D eigenvalue weighted by molar-refractivity contribution is 0.545. The van der Waals surface area contributed by atoms with E-state index in [1.807, 2.05) is 0 Å². The Kier molecular flexibility index (Phi) is 2.55. The van der Waals surface area contributed by atoms with Crippen LogP contribution in [-0.2, 0) is 10.2 Å². The average Bonchev–Trinajstić information content (AvgIpc) is 2.64. The van der Waals surface area contributed by atoms with Gasteiger partial charge in [0.05, 0.1) is 0 Å². The summed E-state index contributed by atoms with van der Waals surface area (Å²) in [5.41, 5.74) is 0. The van der Waals surface area contributed by atoms with E-state index in [0.717, 1.165) is 32.4 Å². The molecule has 3 N–H and O–H groups in total. The van der Waals surface area contributed by atoms with E-state index in [9.17, 15) is 8.42 Å². The Hall–Kier alpha value is -0.170. The zero-order chi connectivity index (χ0) is 9.31. The third-order valence-electron chi connectivity index (χ3n) is 2.28. The highest BCUT2D eigenvalue weighted by Gasteiger charge is 2.28. The van der Waals surface area contributed by atoms with Gasteiger partial charge >= 0.3 is 0 Å². The molecule has 0 amide bonds. The van der Waals surface area contributed by atoms with Crippen molar-refractivity contribution in [1.29, 1.82) is 0 Å². The second-order valence-electron chi connectivity index (χ2n) is 3.70. The van der Waals surface area contributed by atoms with Crippen molar-refractivity contribution in [3.8, 4) is 0 Å². The lowest BCUT2D eigenvalue weighted by Crippen LogP contribution is -2.44. The molecule has 1 aliphatic carbocycles. The molecule has 0 bridgehead atoms. The predicted molar refractivity (Wildman–Crippen MR) is 49.5 cm³/mol. The molecule has 2 fully saturated rings. The molecule has 2 aliphatic rings. The van der Waals surface area contributed by atoms with Crippen molar-refractivity contribution in [1.82, 2.24) is 14.8 Å². The topological polar surface area (TPSA) is 70.2 Å². The summed E-state index contributed by atoms with van der Waals surface area (Å²) in [5.74, 6) is 0. The van der Waals surface area contributed by atoms with Crippen LogP contribution in [0.3, 0.4) is 0 Å². The molecule has 5 nitrogen and oxygen atoms in total. The first-order valence-corrected chi connectivity index (χ1v) is 6.14. The summed E-state index contributed by atoms with van der Waals surface area (Å²) in [5, 5.41) is 3.11. The molecule has 0 aromatic rings. The zero-order valence-electron chi connectivity index (χ0n) is 7.41. The maximum Gasteiger partial charge on any atom is 0.277 e. The van der Waals surface area contributed by atoms with Crippen LogP contribution in [0.2, 0.25) is 0 Å². The summed E-state index contributed by atoms with van der Waals surface area (Å²) in [7, 11) is -3.24. The van der Waals surface area contributed by atoms with Gasteiger partial charge in [0.15, 0.2) is 0 Å². The summed E-state index contributed by atoms with van der Waals surface area (Å²) in [6.45, 7) is 1.64. The molecule has 76 valence electrons. The van der Waals surface area contributed by atoms with Gasteiger partial charge in [-0.3, -0.25) is 0 Å². The van der Waals surface area contributed by atoms with Gasteiger partial charge in [-0.15, -0.1) is 0 Å². The van der Waals surface area contributed by atoms with Crippen molar-refractivity contribution < 1.29 is 8.42 Å². The predicted octanol–water partition coefficient (Wildman–Crippen LogP) is -1.07. The van der Waals surface area contributed by atoms with Gasteiger partial charge in [-0.1, -0.05) is 0 Å². The molecule has 1 aliphatic heterocycles.